The van der Waals surface area contributed by atoms with Crippen molar-refractivity contribution in [2.75, 3.05) is 13.1 Å². The molecule has 0 amide bonds. The van der Waals surface area contributed by atoms with Crippen molar-refractivity contribution >= 4 is 0 Å². The van der Waals surface area contributed by atoms with Gasteiger partial charge in [-0.05, 0) is 81.4 Å². The maximum absolute atomic E-state index is 2.97. The molecular formula is C21H29N. The molecule has 4 aliphatic carbocycles. The van der Waals surface area contributed by atoms with E-state index < -0.39 is 0 Å². The third-order valence-corrected chi connectivity index (χ3v) is 7.42. The molecule has 1 aromatic carbocycles. The molecule has 1 heteroatoms. The summed E-state index contributed by atoms with van der Waals surface area (Å²) in [6.45, 7) is 2.74. The number of benzene rings is 1. The van der Waals surface area contributed by atoms with Gasteiger partial charge in [0.25, 0.3) is 0 Å². The van der Waals surface area contributed by atoms with E-state index >= 15 is 0 Å². The fourth-order valence-electron chi connectivity index (χ4n) is 7.03. The molecule has 0 N–H and O–H groups in total. The summed E-state index contributed by atoms with van der Waals surface area (Å²) in [4.78, 5) is 2.97. The zero-order valence-electron chi connectivity index (χ0n) is 13.7. The summed E-state index contributed by atoms with van der Waals surface area (Å²) in [6, 6.07) is 11.6. The summed E-state index contributed by atoms with van der Waals surface area (Å²) in [5.41, 5.74) is 2.17. The molecule has 3 atom stereocenters. The highest BCUT2D eigenvalue weighted by Gasteiger charge is 2.59. The highest BCUT2D eigenvalue weighted by atomic mass is 15.2. The second kappa shape index (κ2) is 5.09. The number of likely N-dealkylation sites (tertiary alicyclic amines) is 1. The molecule has 118 valence electrons. The second-order valence-electron chi connectivity index (χ2n) is 8.65. The summed E-state index contributed by atoms with van der Waals surface area (Å²) in [5, 5.41) is 0. The maximum Gasteiger partial charge on any atom is 0.0285 e. The lowest BCUT2D eigenvalue weighted by Crippen LogP contribution is -2.65. The number of hydrogen-bond acceptors (Lipinski definition) is 1. The Balaban J connectivity index is 1.58. The summed E-state index contributed by atoms with van der Waals surface area (Å²) < 4.78 is 0. The first-order valence-electron chi connectivity index (χ1n) is 9.65. The molecule has 1 aromatic rings. The Morgan fingerprint density at radius 3 is 2.18 bits per heavy atom. The van der Waals surface area contributed by atoms with E-state index in [1.54, 1.807) is 12.0 Å². The van der Waals surface area contributed by atoms with Gasteiger partial charge in [0.1, 0.15) is 0 Å². The van der Waals surface area contributed by atoms with Crippen molar-refractivity contribution in [1.82, 2.24) is 4.90 Å². The molecular weight excluding hydrogens is 266 g/mol. The Bertz CT molecular complexity index is 516. The van der Waals surface area contributed by atoms with E-state index in [1.807, 2.05) is 0 Å². The highest BCUT2D eigenvalue weighted by Crippen LogP contribution is 2.63. The summed E-state index contributed by atoms with van der Waals surface area (Å²) >= 11 is 0. The van der Waals surface area contributed by atoms with Crippen LogP contribution >= 0.6 is 0 Å². The number of nitrogens with zero attached hydrogens (tertiary/aromatic N) is 1. The van der Waals surface area contributed by atoms with Crippen molar-refractivity contribution in [2.24, 2.45) is 17.8 Å². The molecule has 6 rings (SSSR count). The first-order valence-corrected chi connectivity index (χ1v) is 9.65. The smallest absolute Gasteiger partial charge is 0.0285 e. The quantitative estimate of drug-likeness (QED) is 0.755. The molecule has 1 nitrogen and oxygen atoms in total. The largest absolute Gasteiger partial charge is 0.297 e. The minimum Gasteiger partial charge on any atom is -0.297 e. The molecule has 0 spiro atoms. The van der Waals surface area contributed by atoms with Gasteiger partial charge < -0.3 is 0 Å². The lowest BCUT2D eigenvalue weighted by Gasteiger charge is -2.65. The first kappa shape index (κ1) is 13.6. The molecule has 5 aliphatic rings. The van der Waals surface area contributed by atoms with Crippen LogP contribution in [0.5, 0.6) is 0 Å². The first-order chi connectivity index (χ1) is 10.9. The summed E-state index contributed by atoms with van der Waals surface area (Å²) in [5.74, 6) is 3.87. The van der Waals surface area contributed by atoms with Crippen LogP contribution in [0.15, 0.2) is 30.3 Å². The van der Waals surface area contributed by atoms with Gasteiger partial charge in [-0.15, -0.1) is 0 Å². The zero-order valence-corrected chi connectivity index (χ0v) is 13.7. The Morgan fingerprint density at radius 1 is 0.818 bits per heavy atom. The fourth-order valence-corrected chi connectivity index (χ4v) is 7.03. The van der Waals surface area contributed by atoms with E-state index in [-0.39, 0.29) is 0 Å². The normalized spacial score (nSPS) is 44.4. The lowest BCUT2D eigenvalue weighted by molar-refractivity contribution is -0.113. The number of hydrogen-bond donors (Lipinski definition) is 0. The van der Waals surface area contributed by atoms with Crippen LogP contribution in [0.1, 0.15) is 62.8 Å². The van der Waals surface area contributed by atoms with Crippen LogP contribution in [0.2, 0.25) is 0 Å². The predicted molar refractivity (Wildman–Crippen MR) is 90.9 cm³/mol. The topological polar surface area (TPSA) is 3.24 Å². The van der Waals surface area contributed by atoms with Crippen LogP contribution in [0.4, 0.5) is 0 Å². The van der Waals surface area contributed by atoms with Gasteiger partial charge in [-0.25, -0.2) is 0 Å². The Kier molecular flexibility index (Phi) is 3.15. The van der Waals surface area contributed by atoms with E-state index in [0.717, 1.165) is 23.7 Å². The lowest BCUT2D eigenvalue weighted by atomic mass is 9.46. The minimum absolute atomic E-state index is 0.524. The van der Waals surface area contributed by atoms with Gasteiger partial charge in [-0.2, -0.15) is 0 Å². The number of piperidine rings is 1. The number of rotatable bonds is 2. The summed E-state index contributed by atoms with van der Waals surface area (Å²) in [6.07, 6.45) is 11.9. The van der Waals surface area contributed by atoms with Crippen LogP contribution in [0.25, 0.3) is 0 Å². The molecule has 4 saturated carbocycles. The highest BCUT2D eigenvalue weighted by molar-refractivity contribution is 5.30. The van der Waals surface area contributed by atoms with Gasteiger partial charge in [-0.1, -0.05) is 36.8 Å². The average molecular weight is 295 g/mol. The van der Waals surface area contributed by atoms with E-state index in [4.69, 9.17) is 0 Å². The van der Waals surface area contributed by atoms with Crippen molar-refractivity contribution in [3.63, 3.8) is 0 Å². The SMILES string of the molecule is c1ccc(C2C3CC4CC(C3)CC2(N2CCCCC2)C4)cc1. The van der Waals surface area contributed by atoms with Crippen LogP contribution in [-0.2, 0) is 0 Å². The zero-order chi connectivity index (χ0) is 14.6. The molecule has 0 radical (unpaired) electrons. The van der Waals surface area contributed by atoms with E-state index in [9.17, 15) is 0 Å². The Morgan fingerprint density at radius 2 is 1.50 bits per heavy atom. The second-order valence-corrected chi connectivity index (χ2v) is 8.65. The van der Waals surface area contributed by atoms with Crippen LogP contribution in [0, 0.1) is 17.8 Å². The van der Waals surface area contributed by atoms with Gasteiger partial charge >= 0.3 is 0 Å². The van der Waals surface area contributed by atoms with Crippen molar-refractivity contribution in [3.05, 3.63) is 35.9 Å². The van der Waals surface area contributed by atoms with Gasteiger partial charge in [0.05, 0.1) is 0 Å². The molecule has 3 unspecified atom stereocenters. The van der Waals surface area contributed by atoms with E-state index in [2.05, 4.69) is 35.2 Å². The van der Waals surface area contributed by atoms with Gasteiger partial charge in [0.2, 0.25) is 0 Å². The molecule has 4 bridgehead atoms. The molecule has 1 saturated heterocycles. The monoisotopic (exact) mass is 295 g/mol. The molecule has 1 aliphatic heterocycles. The van der Waals surface area contributed by atoms with Crippen molar-refractivity contribution in [2.45, 2.75) is 62.8 Å². The van der Waals surface area contributed by atoms with Gasteiger partial charge in [-0.3, -0.25) is 4.90 Å². The minimum atomic E-state index is 0.524. The molecule has 22 heavy (non-hydrogen) atoms. The average Bonchev–Trinajstić information content (AvgIpc) is 2.56. The summed E-state index contributed by atoms with van der Waals surface area (Å²) in [7, 11) is 0. The predicted octanol–water partition coefficient (Wildman–Crippen LogP) is 4.83. The molecule has 5 fully saturated rings. The third kappa shape index (κ3) is 1.94. The van der Waals surface area contributed by atoms with Crippen molar-refractivity contribution < 1.29 is 0 Å². The fraction of sp³-hybridized carbons (Fsp3) is 0.714. The van der Waals surface area contributed by atoms with Crippen molar-refractivity contribution in [3.8, 4) is 0 Å². The maximum atomic E-state index is 2.97. The third-order valence-electron chi connectivity index (χ3n) is 7.42. The van der Waals surface area contributed by atoms with E-state index in [1.165, 1.54) is 58.0 Å². The van der Waals surface area contributed by atoms with Crippen molar-refractivity contribution in [1.29, 1.82) is 0 Å². The van der Waals surface area contributed by atoms with Crippen LogP contribution in [-0.4, -0.2) is 23.5 Å². The van der Waals surface area contributed by atoms with Gasteiger partial charge in [0.15, 0.2) is 0 Å². The Labute approximate surface area is 135 Å². The van der Waals surface area contributed by atoms with E-state index in [0.29, 0.717) is 5.54 Å². The van der Waals surface area contributed by atoms with Gasteiger partial charge in [0, 0.05) is 11.5 Å². The molecule has 0 aromatic heterocycles. The van der Waals surface area contributed by atoms with Crippen LogP contribution < -0.4 is 0 Å². The molecule has 1 heterocycles. The standard InChI is InChI=1S/C21H29N/c1-3-7-18(8-4-1)20-19-12-16-11-17(13-19)15-21(20,14-16)22-9-5-2-6-10-22/h1,3-4,7-8,16-17,19-20H,2,5-6,9-15H2. The Hall–Kier alpha value is -0.820. The van der Waals surface area contributed by atoms with Crippen LogP contribution in [0.3, 0.4) is 0 Å².